The first-order valence-electron chi connectivity index (χ1n) is 8.45. The summed E-state index contributed by atoms with van der Waals surface area (Å²) in [6.45, 7) is 14.0. The van der Waals surface area contributed by atoms with Gasteiger partial charge in [-0.3, -0.25) is 4.79 Å². The molecule has 2 rings (SSSR count). The van der Waals surface area contributed by atoms with Crippen molar-refractivity contribution in [3.63, 3.8) is 0 Å². The maximum atomic E-state index is 11.7. The molecule has 0 spiro atoms. The van der Waals surface area contributed by atoms with Gasteiger partial charge in [0, 0.05) is 17.3 Å². The predicted octanol–water partition coefficient (Wildman–Crippen LogP) is 5.49. The van der Waals surface area contributed by atoms with Crippen molar-refractivity contribution in [2.45, 2.75) is 58.2 Å². The van der Waals surface area contributed by atoms with Crippen molar-refractivity contribution >= 4 is 25.4 Å². The van der Waals surface area contributed by atoms with E-state index in [9.17, 15) is 4.79 Å². The molecule has 3 nitrogen and oxygen atoms in total. The topological polar surface area (TPSA) is 31.2 Å². The summed E-state index contributed by atoms with van der Waals surface area (Å²) in [5.41, 5.74) is 3.59. The van der Waals surface area contributed by atoms with Crippen molar-refractivity contribution in [3.8, 4) is 5.75 Å². The molecule has 0 aliphatic heterocycles. The Morgan fingerprint density at radius 1 is 1.04 bits per heavy atom. The van der Waals surface area contributed by atoms with Gasteiger partial charge >= 0.3 is 0 Å². The number of ether oxygens (including phenoxy) is 1. The van der Waals surface area contributed by atoms with Crippen LogP contribution in [0, 0.1) is 0 Å². The van der Waals surface area contributed by atoms with Gasteiger partial charge in [-0.2, -0.15) is 0 Å². The summed E-state index contributed by atoms with van der Waals surface area (Å²) in [4.78, 5) is 11.7. The van der Waals surface area contributed by atoms with E-state index in [-0.39, 0.29) is 0 Å². The minimum atomic E-state index is -1.90. The standard InChI is InChI=1S/C19H29NO2Si/c1-13(2)23(14(3)4,15(5)6)20-11-16(12-21)19-17(20)9-8-10-18(19)22-7/h8-15H,1-7H3. The molecular formula is C19H29NO2Si. The van der Waals surface area contributed by atoms with Gasteiger partial charge in [-0.1, -0.05) is 47.6 Å². The highest BCUT2D eigenvalue weighted by Crippen LogP contribution is 2.45. The number of nitrogens with zero attached hydrogens (tertiary/aromatic N) is 1. The van der Waals surface area contributed by atoms with Gasteiger partial charge in [-0.25, -0.2) is 0 Å². The van der Waals surface area contributed by atoms with Crippen molar-refractivity contribution < 1.29 is 9.53 Å². The predicted molar refractivity (Wildman–Crippen MR) is 100 cm³/mol. The van der Waals surface area contributed by atoms with Crippen LogP contribution in [0.15, 0.2) is 24.4 Å². The molecule has 4 heteroatoms. The number of fused-ring (bicyclic) bond motifs is 1. The molecule has 2 aromatic rings. The second-order valence-corrected chi connectivity index (χ2v) is 13.0. The molecule has 0 unspecified atom stereocenters. The summed E-state index contributed by atoms with van der Waals surface area (Å²) >= 11 is 0. The molecule has 23 heavy (non-hydrogen) atoms. The molecule has 0 aliphatic carbocycles. The van der Waals surface area contributed by atoms with Crippen LogP contribution in [0.5, 0.6) is 5.75 Å². The molecule has 0 atom stereocenters. The Morgan fingerprint density at radius 3 is 2.04 bits per heavy atom. The van der Waals surface area contributed by atoms with E-state index in [0.717, 1.165) is 28.5 Å². The van der Waals surface area contributed by atoms with Crippen LogP contribution < -0.4 is 4.74 Å². The number of methoxy groups -OCH3 is 1. The van der Waals surface area contributed by atoms with E-state index in [1.807, 2.05) is 12.1 Å². The van der Waals surface area contributed by atoms with E-state index in [0.29, 0.717) is 16.6 Å². The molecule has 0 saturated heterocycles. The first kappa shape index (κ1) is 17.8. The zero-order valence-corrected chi connectivity index (χ0v) is 16.4. The molecule has 0 fully saturated rings. The summed E-state index contributed by atoms with van der Waals surface area (Å²) < 4.78 is 7.99. The summed E-state index contributed by atoms with van der Waals surface area (Å²) in [6.07, 6.45) is 3.04. The van der Waals surface area contributed by atoms with E-state index in [1.165, 1.54) is 0 Å². The number of benzene rings is 1. The smallest absolute Gasteiger partial charge is 0.169 e. The quantitative estimate of drug-likeness (QED) is 0.518. The van der Waals surface area contributed by atoms with Crippen LogP contribution in [0.1, 0.15) is 51.9 Å². The van der Waals surface area contributed by atoms with Crippen LogP contribution in [0.4, 0.5) is 0 Å². The van der Waals surface area contributed by atoms with Crippen LogP contribution in [-0.4, -0.2) is 25.9 Å². The fourth-order valence-corrected chi connectivity index (χ4v) is 11.3. The monoisotopic (exact) mass is 331 g/mol. The number of aldehydes is 1. The van der Waals surface area contributed by atoms with E-state index < -0.39 is 8.24 Å². The van der Waals surface area contributed by atoms with Crippen LogP contribution >= 0.6 is 0 Å². The summed E-state index contributed by atoms with van der Waals surface area (Å²) in [5.74, 6) is 0.780. The fourth-order valence-electron chi connectivity index (χ4n) is 4.70. The Balaban J connectivity index is 2.93. The van der Waals surface area contributed by atoms with Gasteiger partial charge in [0.05, 0.1) is 12.5 Å². The molecule has 0 bridgehead atoms. The lowest BCUT2D eigenvalue weighted by Gasteiger charge is -2.44. The van der Waals surface area contributed by atoms with Gasteiger partial charge in [-0.15, -0.1) is 0 Å². The van der Waals surface area contributed by atoms with Gasteiger partial charge < -0.3 is 8.97 Å². The third-order valence-electron chi connectivity index (χ3n) is 5.36. The second kappa shape index (κ2) is 6.52. The van der Waals surface area contributed by atoms with Crippen molar-refractivity contribution in [2.75, 3.05) is 7.11 Å². The zero-order valence-electron chi connectivity index (χ0n) is 15.4. The van der Waals surface area contributed by atoms with Gasteiger partial charge in [0.25, 0.3) is 0 Å². The summed E-state index contributed by atoms with van der Waals surface area (Å²) in [5, 5.41) is 0.948. The Morgan fingerprint density at radius 2 is 1.61 bits per heavy atom. The SMILES string of the molecule is COc1cccc2c1c(C=O)cn2[Si](C(C)C)(C(C)C)C(C)C. The molecule has 0 saturated carbocycles. The minimum Gasteiger partial charge on any atom is -0.496 e. The molecule has 0 N–H and O–H groups in total. The number of carbonyl (C=O) groups is 1. The first-order valence-corrected chi connectivity index (χ1v) is 10.6. The van der Waals surface area contributed by atoms with Gasteiger partial charge in [0.1, 0.15) is 5.75 Å². The maximum absolute atomic E-state index is 11.7. The Kier molecular flexibility index (Phi) is 5.04. The lowest BCUT2D eigenvalue weighted by atomic mass is 10.2. The molecule has 0 aliphatic rings. The Hall–Kier alpha value is -1.55. The largest absolute Gasteiger partial charge is 0.496 e. The normalized spacial score (nSPS) is 12.6. The summed E-state index contributed by atoms with van der Waals surface area (Å²) in [7, 11) is -0.232. The van der Waals surface area contributed by atoms with Gasteiger partial charge in [0.15, 0.2) is 14.5 Å². The first-order chi connectivity index (χ1) is 10.8. The molecule has 1 heterocycles. The number of aromatic nitrogens is 1. The number of hydrogen-bond acceptors (Lipinski definition) is 2. The molecular weight excluding hydrogens is 302 g/mol. The van der Waals surface area contributed by atoms with Crippen LogP contribution in [0.2, 0.25) is 16.6 Å². The average molecular weight is 332 g/mol. The van der Waals surface area contributed by atoms with Gasteiger partial charge in [-0.05, 0) is 28.8 Å². The van der Waals surface area contributed by atoms with E-state index >= 15 is 0 Å². The summed E-state index contributed by atoms with van der Waals surface area (Å²) in [6, 6.07) is 6.08. The second-order valence-electron chi connectivity index (χ2n) is 7.28. The number of hydrogen-bond donors (Lipinski definition) is 0. The number of rotatable bonds is 6. The lowest BCUT2D eigenvalue weighted by molar-refractivity contribution is 0.112. The third-order valence-corrected chi connectivity index (χ3v) is 12.1. The lowest BCUT2D eigenvalue weighted by Crippen LogP contribution is -2.51. The zero-order chi connectivity index (χ0) is 17.4. The molecule has 126 valence electrons. The molecule has 1 aromatic carbocycles. The highest BCUT2D eigenvalue weighted by Gasteiger charge is 2.46. The molecule has 1 aromatic heterocycles. The maximum Gasteiger partial charge on any atom is 0.169 e. The third kappa shape index (κ3) is 2.53. The van der Waals surface area contributed by atoms with Crippen molar-refractivity contribution in [1.29, 1.82) is 0 Å². The number of carbonyl (C=O) groups excluding carboxylic acids is 1. The van der Waals surface area contributed by atoms with Crippen LogP contribution in [0.25, 0.3) is 10.9 Å². The van der Waals surface area contributed by atoms with Crippen molar-refractivity contribution in [2.24, 2.45) is 0 Å². The van der Waals surface area contributed by atoms with E-state index in [1.54, 1.807) is 7.11 Å². The van der Waals surface area contributed by atoms with Crippen LogP contribution in [-0.2, 0) is 0 Å². The highest BCUT2D eigenvalue weighted by molar-refractivity contribution is 6.82. The highest BCUT2D eigenvalue weighted by atomic mass is 28.3. The van der Waals surface area contributed by atoms with Crippen molar-refractivity contribution in [1.82, 2.24) is 4.23 Å². The molecule has 0 amide bonds. The van der Waals surface area contributed by atoms with Gasteiger partial charge in [0.2, 0.25) is 0 Å². The van der Waals surface area contributed by atoms with Crippen molar-refractivity contribution in [3.05, 3.63) is 30.0 Å². The minimum absolute atomic E-state index is 0.573. The fraction of sp³-hybridized carbons (Fsp3) is 0.526. The Labute approximate surface area is 140 Å². The van der Waals surface area contributed by atoms with Crippen LogP contribution in [0.3, 0.4) is 0 Å². The Bertz CT molecular complexity index is 679. The van der Waals surface area contributed by atoms with E-state index in [4.69, 9.17) is 4.74 Å². The average Bonchev–Trinajstić information content (AvgIpc) is 2.86. The molecule has 0 radical (unpaired) electrons. The van der Waals surface area contributed by atoms with E-state index in [2.05, 4.69) is 58.0 Å².